The molecular formula is C24H27NO8S. The van der Waals surface area contributed by atoms with Crippen molar-refractivity contribution in [2.24, 2.45) is 7.05 Å². The van der Waals surface area contributed by atoms with Crippen LogP contribution in [0.4, 0.5) is 0 Å². The summed E-state index contributed by atoms with van der Waals surface area (Å²) in [6.45, 7) is 2.46. The number of aryl methyl sites for hydroxylation is 1. The van der Waals surface area contributed by atoms with Crippen molar-refractivity contribution < 1.29 is 41.6 Å². The number of benzene rings is 3. The predicted molar refractivity (Wildman–Crippen MR) is 128 cm³/mol. The lowest BCUT2D eigenvalue weighted by Crippen LogP contribution is -2.28. The Balaban J connectivity index is 0.000000588. The van der Waals surface area contributed by atoms with Gasteiger partial charge in [0.2, 0.25) is 5.52 Å². The Labute approximate surface area is 197 Å². The monoisotopic (exact) mass is 489 g/mol. The molecule has 9 nitrogen and oxygen atoms in total. The normalized spacial score (nSPS) is 11.3. The summed E-state index contributed by atoms with van der Waals surface area (Å²) < 4.78 is 51.6. The Hall–Kier alpha value is -3.50. The molecule has 0 fully saturated rings. The maximum atomic E-state index is 10.3. The van der Waals surface area contributed by atoms with Crippen LogP contribution in [0.5, 0.6) is 28.7 Å². The third-order valence-electron chi connectivity index (χ3n) is 5.20. The van der Waals surface area contributed by atoms with E-state index in [4.69, 9.17) is 31.9 Å². The van der Waals surface area contributed by atoms with Crippen LogP contribution in [-0.2, 0) is 17.2 Å². The number of hydrogen-bond acceptors (Lipinski definition) is 8. The van der Waals surface area contributed by atoms with Crippen molar-refractivity contribution in [3.05, 3.63) is 36.5 Å². The van der Waals surface area contributed by atoms with Gasteiger partial charge in [0.15, 0.2) is 29.2 Å². The van der Waals surface area contributed by atoms with Crippen molar-refractivity contribution >= 4 is 42.6 Å². The number of aromatic hydroxyl groups is 1. The highest BCUT2D eigenvalue weighted by Gasteiger charge is 2.21. The molecule has 0 aliphatic rings. The second kappa shape index (κ2) is 9.78. The number of hydrogen-bond donors (Lipinski definition) is 1. The van der Waals surface area contributed by atoms with Crippen molar-refractivity contribution in [2.75, 3.05) is 34.2 Å². The fourth-order valence-corrected chi connectivity index (χ4v) is 3.92. The highest BCUT2D eigenvalue weighted by Crippen LogP contribution is 2.42. The van der Waals surface area contributed by atoms with Crippen LogP contribution in [0.3, 0.4) is 0 Å². The van der Waals surface area contributed by atoms with Crippen LogP contribution in [0, 0.1) is 0 Å². The zero-order valence-corrected chi connectivity index (χ0v) is 20.6. The molecule has 0 spiro atoms. The summed E-state index contributed by atoms with van der Waals surface area (Å²) in [6, 6.07) is 9.51. The van der Waals surface area contributed by atoms with Crippen molar-refractivity contribution in [1.82, 2.24) is 0 Å². The van der Waals surface area contributed by atoms with Crippen molar-refractivity contribution in [3.8, 4) is 28.7 Å². The van der Waals surface area contributed by atoms with Crippen molar-refractivity contribution in [3.63, 3.8) is 0 Å². The Morgan fingerprint density at radius 2 is 1.35 bits per heavy atom. The molecule has 4 aromatic rings. The molecular weight excluding hydrogens is 462 g/mol. The van der Waals surface area contributed by atoms with Gasteiger partial charge in [-0.25, -0.2) is 8.42 Å². The minimum absolute atomic E-state index is 0.0788. The van der Waals surface area contributed by atoms with Gasteiger partial charge in [-0.15, -0.1) is 0 Å². The first kappa shape index (κ1) is 25.1. The fraction of sp³-hybridized carbons (Fsp3) is 0.292. The van der Waals surface area contributed by atoms with Crippen molar-refractivity contribution in [1.29, 1.82) is 0 Å². The standard InChI is InChI=1S/C23H23NO5.CH4O3S/c1-6-29-19-10-16-14-9-22(28-5)21(27-4)7-13(14)12-24(2)23(16)17-11-20(26-3)18(25)8-15(17)19;1-5(2,3)4/h7-12H,6H2,1-5H3;1H3,(H,2,3,4). The second-order valence-electron chi connectivity index (χ2n) is 7.51. The largest absolute Gasteiger partial charge is 0.748 e. The Morgan fingerprint density at radius 1 is 0.853 bits per heavy atom. The van der Waals surface area contributed by atoms with E-state index in [1.807, 2.05) is 38.2 Å². The molecule has 0 atom stereocenters. The number of rotatable bonds is 5. The van der Waals surface area contributed by atoms with Crippen LogP contribution in [0.1, 0.15) is 6.92 Å². The lowest BCUT2D eigenvalue weighted by atomic mass is 9.99. The first-order chi connectivity index (χ1) is 16.0. The molecule has 1 aromatic heterocycles. The molecule has 0 amide bonds. The smallest absolute Gasteiger partial charge is 0.221 e. The Kier molecular flexibility index (Phi) is 7.23. The maximum Gasteiger partial charge on any atom is 0.221 e. The van der Waals surface area contributed by atoms with E-state index in [1.54, 1.807) is 27.4 Å². The molecule has 0 aliphatic heterocycles. The molecule has 0 saturated carbocycles. The molecule has 0 radical (unpaired) electrons. The first-order valence-corrected chi connectivity index (χ1v) is 12.1. The molecule has 1 N–H and O–H groups in total. The highest BCUT2D eigenvalue weighted by molar-refractivity contribution is 7.84. The van der Waals surface area contributed by atoms with E-state index in [2.05, 4.69) is 10.8 Å². The number of methoxy groups -OCH3 is 3. The van der Waals surface area contributed by atoms with E-state index in [-0.39, 0.29) is 5.75 Å². The Morgan fingerprint density at radius 3 is 1.91 bits per heavy atom. The molecule has 182 valence electrons. The first-order valence-electron chi connectivity index (χ1n) is 10.3. The third-order valence-corrected chi connectivity index (χ3v) is 5.20. The molecule has 34 heavy (non-hydrogen) atoms. The molecule has 0 unspecified atom stereocenters. The minimum atomic E-state index is -3.92. The summed E-state index contributed by atoms with van der Waals surface area (Å²) in [5.41, 5.74) is 1.00. The number of phenolic OH excluding ortho intramolecular Hbond substituents is 1. The zero-order valence-electron chi connectivity index (χ0n) is 19.8. The van der Waals surface area contributed by atoms with E-state index >= 15 is 0 Å². The van der Waals surface area contributed by atoms with Crippen LogP contribution in [-0.4, -0.2) is 52.3 Å². The van der Waals surface area contributed by atoms with Gasteiger partial charge in [0, 0.05) is 17.0 Å². The number of nitrogens with zero attached hydrogens (tertiary/aromatic N) is 1. The molecule has 10 heteroatoms. The summed E-state index contributed by atoms with van der Waals surface area (Å²) in [5, 5.41) is 15.1. The van der Waals surface area contributed by atoms with Crippen LogP contribution in [0.25, 0.3) is 32.4 Å². The van der Waals surface area contributed by atoms with E-state index in [0.717, 1.165) is 32.4 Å². The average Bonchev–Trinajstić information content (AvgIpc) is 2.77. The highest BCUT2D eigenvalue weighted by atomic mass is 32.2. The number of ether oxygens (including phenoxy) is 4. The molecule has 0 saturated heterocycles. The van der Waals surface area contributed by atoms with Crippen molar-refractivity contribution in [2.45, 2.75) is 6.92 Å². The molecule has 1 heterocycles. The van der Waals surface area contributed by atoms with E-state index in [1.165, 1.54) is 0 Å². The quantitative estimate of drug-likeness (QED) is 0.258. The summed E-state index contributed by atoms with van der Waals surface area (Å²) >= 11 is 0. The minimum Gasteiger partial charge on any atom is -0.748 e. The van der Waals surface area contributed by atoms with Gasteiger partial charge in [-0.2, -0.15) is 4.57 Å². The van der Waals surface area contributed by atoms with Gasteiger partial charge in [-0.1, -0.05) is 0 Å². The van der Waals surface area contributed by atoms with Gasteiger partial charge >= 0.3 is 0 Å². The third kappa shape index (κ3) is 5.02. The van der Waals surface area contributed by atoms with Gasteiger partial charge in [0.25, 0.3) is 0 Å². The zero-order chi connectivity index (χ0) is 25.2. The topological polar surface area (TPSA) is 118 Å². The summed E-state index contributed by atoms with van der Waals surface area (Å²) in [6.07, 6.45) is 2.66. The van der Waals surface area contributed by atoms with Crippen LogP contribution in [0.2, 0.25) is 0 Å². The fourth-order valence-electron chi connectivity index (χ4n) is 3.92. The predicted octanol–water partition coefficient (Wildman–Crippen LogP) is 3.26. The Bertz CT molecular complexity index is 1470. The number of fused-ring (bicyclic) bond motifs is 5. The van der Waals surface area contributed by atoms with Crippen LogP contribution in [0.15, 0.2) is 36.5 Å². The SMILES string of the molecule is CCOc1cc2c3cc(OC)c(OC)cc3c[n+](C)c2c2cc(OC)c(O)cc12.CS(=O)(=O)[O-]. The summed E-state index contributed by atoms with van der Waals surface area (Å²) in [7, 11) is 2.88. The summed E-state index contributed by atoms with van der Waals surface area (Å²) in [4.78, 5) is 0. The second-order valence-corrected chi connectivity index (χ2v) is 8.92. The lowest BCUT2D eigenvalue weighted by molar-refractivity contribution is -0.642. The number of pyridine rings is 1. The van der Waals surface area contributed by atoms with E-state index < -0.39 is 10.1 Å². The molecule has 4 rings (SSSR count). The lowest BCUT2D eigenvalue weighted by Gasteiger charge is -2.14. The number of phenols is 1. The van der Waals surface area contributed by atoms with Gasteiger partial charge in [-0.05, 0) is 37.3 Å². The van der Waals surface area contributed by atoms with Gasteiger partial charge in [0.05, 0.1) is 54.2 Å². The molecule has 3 aromatic carbocycles. The van der Waals surface area contributed by atoms with Crippen LogP contribution < -0.4 is 23.5 Å². The van der Waals surface area contributed by atoms with Gasteiger partial charge in [0.1, 0.15) is 12.8 Å². The summed E-state index contributed by atoms with van der Waals surface area (Å²) in [5.74, 6) is 2.54. The molecule has 0 aliphatic carbocycles. The van der Waals surface area contributed by atoms with Gasteiger partial charge in [-0.3, -0.25) is 0 Å². The average molecular weight is 490 g/mol. The number of aromatic nitrogens is 1. The van der Waals surface area contributed by atoms with Gasteiger partial charge < -0.3 is 28.6 Å². The van der Waals surface area contributed by atoms with E-state index in [0.29, 0.717) is 35.9 Å². The van der Waals surface area contributed by atoms with E-state index in [9.17, 15) is 5.11 Å². The van der Waals surface area contributed by atoms with Crippen LogP contribution >= 0.6 is 0 Å². The maximum absolute atomic E-state index is 10.3. The molecule has 0 bridgehead atoms.